The maximum Gasteiger partial charge on any atom is 0.195 e. The fraction of sp³-hybridized carbons (Fsp3) is 0.0833. The van der Waals surface area contributed by atoms with Crippen LogP contribution in [0, 0.1) is 11.3 Å². The molecule has 1 aromatic heterocycles. The number of hydrogen-bond donors (Lipinski definition) is 0. The normalized spacial score (nSPS) is 9.80. The minimum Gasteiger partial charge on any atom is -0.291 e. The van der Waals surface area contributed by atoms with E-state index in [4.69, 9.17) is 5.26 Å². The van der Waals surface area contributed by atoms with E-state index in [1.54, 1.807) is 6.07 Å². The maximum atomic E-state index is 11.4. The van der Waals surface area contributed by atoms with Gasteiger partial charge in [-0.15, -0.1) is 0 Å². The highest BCUT2D eigenvalue weighted by atomic mass is 16.1. The number of rotatable bonds is 2. The van der Waals surface area contributed by atoms with Gasteiger partial charge >= 0.3 is 0 Å². The molecule has 72 valence electrons. The molecule has 0 spiro atoms. The molecular weight excluding hydrogens is 188 g/mol. The van der Waals surface area contributed by atoms with Crippen molar-refractivity contribution in [2.24, 2.45) is 0 Å². The molecule has 3 heteroatoms. The van der Waals surface area contributed by atoms with Crippen molar-refractivity contribution in [2.75, 3.05) is 0 Å². The van der Waals surface area contributed by atoms with Gasteiger partial charge in [0.1, 0.15) is 12.1 Å². The number of para-hydroxylation sites is 1. The van der Waals surface area contributed by atoms with E-state index in [0.717, 1.165) is 10.9 Å². The summed E-state index contributed by atoms with van der Waals surface area (Å²) in [7, 11) is 0. The van der Waals surface area contributed by atoms with Gasteiger partial charge in [0.15, 0.2) is 5.78 Å². The predicted molar refractivity (Wildman–Crippen MR) is 56.3 cm³/mol. The number of nitrogens with zero attached hydrogens (tertiary/aromatic N) is 2. The van der Waals surface area contributed by atoms with Crippen LogP contribution < -0.4 is 0 Å². The Bertz CT molecular complexity index is 555. The second-order valence-corrected chi connectivity index (χ2v) is 3.15. The van der Waals surface area contributed by atoms with Crippen LogP contribution in [0.25, 0.3) is 10.9 Å². The number of carbonyl (C=O) groups excluding carboxylic acids is 1. The van der Waals surface area contributed by atoms with Crippen molar-refractivity contribution in [3.63, 3.8) is 0 Å². The summed E-state index contributed by atoms with van der Waals surface area (Å²) in [4.78, 5) is 15.6. The quantitative estimate of drug-likeness (QED) is 0.692. The van der Waals surface area contributed by atoms with Gasteiger partial charge in [0, 0.05) is 5.39 Å². The van der Waals surface area contributed by atoms with Crippen LogP contribution in [0.5, 0.6) is 0 Å². The van der Waals surface area contributed by atoms with E-state index in [1.165, 1.54) is 0 Å². The van der Waals surface area contributed by atoms with Gasteiger partial charge < -0.3 is 0 Å². The summed E-state index contributed by atoms with van der Waals surface area (Å²) in [5.74, 6) is -0.233. The van der Waals surface area contributed by atoms with E-state index in [1.807, 2.05) is 36.4 Å². The van der Waals surface area contributed by atoms with Crippen LogP contribution in [0.2, 0.25) is 0 Å². The lowest BCUT2D eigenvalue weighted by Crippen LogP contribution is -2.00. The molecule has 3 nitrogen and oxygen atoms in total. The summed E-state index contributed by atoms with van der Waals surface area (Å²) in [5, 5.41) is 9.40. The Morgan fingerprint density at radius 1 is 1.27 bits per heavy atom. The van der Waals surface area contributed by atoms with Crippen LogP contribution in [0.15, 0.2) is 36.4 Å². The van der Waals surface area contributed by atoms with E-state index in [2.05, 4.69) is 4.98 Å². The van der Waals surface area contributed by atoms with Crippen molar-refractivity contribution in [1.82, 2.24) is 4.98 Å². The number of carbonyl (C=O) groups is 1. The third-order valence-electron chi connectivity index (χ3n) is 2.12. The molecule has 2 aromatic rings. The first-order valence-electron chi connectivity index (χ1n) is 4.57. The van der Waals surface area contributed by atoms with Crippen LogP contribution in [0.4, 0.5) is 0 Å². The summed E-state index contributed by atoms with van der Waals surface area (Å²) in [6.07, 6.45) is -0.120. The molecule has 0 N–H and O–H groups in total. The zero-order valence-corrected chi connectivity index (χ0v) is 7.97. The largest absolute Gasteiger partial charge is 0.291 e. The summed E-state index contributed by atoms with van der Waals surface area (Å²) in [5.41, 5.74) is 1.14. The van der Waals surface area contributed by atoms with Crippen molar-refractivity contribution in [1.29, 1.82) is 5.26 Å². The number of ketones is 1. The van der Waals surface area contributed by atoms with E-state index < -0.39 is 0 Å². The average molecular weight is 196 g/mol. The van der Waals surface area contributed by atoms with Crippen molar-refractivity contribution in [3.05, 3.63) is 42.1 Å². The van der Waals surface area contributed by atoms with Gasteiger partial charge in [0.2, 0.25) is 0 Å². The van der Waals surface area contributed by atoms with Crippen molar-refractivity contribution in [3.8, 4) is 6.07 Å². The minimum atomic E-state index is -0.233. The SMILES string of the molecule is N#CCC(=O)c1ccc2ccccc2n1. The smallest absolute Gasteiger partial charge is 0.195 e. The molecule has 15 heavy (non-hydrogen) atoms. The zero-order valence-electron chi connectivity index (χ0n) is 7.97. The molecule has 2 rings (SSSR count). The summed E-state index contributed by atoms with van der Waals surface area (Å²) in [6.45, 7) is 0. The minimum absolute atomic E-state index is 0.120. The van der Waals surface area contributed by atoms with Gasteiger partial charge in [-0.25, -0.2) is 4.98 Å². The average Bonchev–Trinajstić information content (AvgIpc) is 2.29. The molecule has 0 aliphatic carbocycles. The van der Waals surface area contributed by atoms with Crippen molar-refractivity contribution >= 4 is 16.7 Å². The third-order valence-corrected chi connectivity index (χ3v) is 2.12. The van der Waals surface area contributed by atoms with E-state index >= 15 is 0 Å². The number of Topliss-reactive ketones (excluding diaryl/α,β-unsaturated/α-hetero) is 1. The first kappa shape index (κ1) is 9.35. The Balaban J connectivity index is 2.48. The van der Waals surface area contributed by atoms with Gasteiger partial charge in [0.05, 0.1) is 11.6 Å². The molecule has 0 radical (unpaired) electrons. The Morgan fingerprint density at radius 2 is 2.07 bits per heavy atom. The molecule has 0 saturated carbocycles. The Hall–Kier alpha value is -2.21. The summed E-state index contributed by atoms with van der Waals surface area (Å²) in [6, 6.07) is 12.9. The van der Waals surface area contributed by atoms with Crippen LogP contribution in [-0.2, 0) is 0 Å². The van der Waals surface area contributed by atoms with Crippen molar-refractivity contribution in [2.45, 2.75) is 6.42 Å². The van der Waals surface area contributed by atoms with Gasteiger partial charge in [0.25, 0.3) is 0 Å². The Morgan fingerprint density at radius 3 is 2.87 bits per heavy atom. The topological polar surface area (TPSA) is 53.8 Å². The number of benzene rings is 1. The van der Waals surface area contributed by atoms with Crippen LogP contribution in [0.3, 0.4) is 0 Å². The molecule has 0 saturated heterocycles. The molecule has 1 aromatic carbocycles. The Labute approximate surface area is 87.0 Å². The molecule has 0 bridgehead atoms. The highest BCUT2D eigenvalue weighted by Crippen LogP contribution is 2.12. The van der Waals surface area contributed by atoms with Crippen molar-refractivity contribution < 1.29 is 4.79 Å². The fourth-order valence-electron chi connectivity index (χ4n) is 1.38. The number of pyridine rings is 1. The number of nitriles is 1. The standard InChI is InChI=1S/C12H8N2O/c13-8-7-12(15)11-6-5-9-3-1-2-4-10(9)14-11/h1-6H,7H2. The van der Waals surface area contributed by atoms with E-state index in [-0.39, 0.29) is 12.2 Å². The van der Waals surface area contributed by atoms with E-state index in [0.29, 0.717) is 5.69 Å². The second kappa shape index (κ2) is 3.89. The predicted octanol–water partition coefficient (Wildman–Crippen LogP) is 2.33. The molecule has 0 aliphatic heterocycles. The zero-order chi connectivity index (χ0) is 10.7. The molecule has 0 fully saturated rings. The number of hydrogen-bond acceptors (Lipinski definition) is 3. The van der Waals surface area contributed by atoms with Gasteiger partial charge in [-0.05, 0) is 12.1 Å². The molecule has 0 amide bonds. The highest BCUT2D eigenvalue weighted by Gasteiger charge is 2.06. The lowest BCUT2D eigenvalue weighted by atomic mass is 10.1. The molecule has 1 heterocycles. The fourth-order valence-corrected chi connectivity index (χ4v) is 1.38. The first-order chi connectivity index (χ1) is 7.31. The lowest BCUT2D eigenvalue weighted by Gasteiger charge is -1.99. The number of aromatic nitrogens is 1. The first-order valence-corrected chi connectivity index (χ1v) is 4.57. The van der Waals surface area contributed by atoms with Gasteiger partial charge in [-0.1, -0.05) is 24.3 Å². The molecular formula is C12H8N2O. The van der Waals surface area contributed by atoms with Crippen LogP contribution in [-0.4, -0.2) is 10.8 Å². The van der Waals surface area contributed by atoms with Gasteiger partial charge in [-0.2, -0.15) is 5.26 Å². The molecule has 0 unspecified atom stereocenters. The highest BCUT2D eigenvalue weighted by molar-refractivity contribution is 5.97. The molecule has 0 aliphatic rings. The van der Waals surface area contributed by atoms with Gasteiger partial charge in [-0.3, -0.25) is 4.79 Å². The monoisotopic (exact) mass is 196 g/mol. The summed E-state index contributed by atoms with van der Waals surface area (Å²) >= 11 is 0. The van der Waals surface area contributed by atoms with Crippen LogP contribution >= 0.6 is 0 Å². The van der Waals surface area contributed by atoms with Crippen LogP contribution in [0.1, 0.15) is 16.9 Å². The summed E-state index contributed by atoms with van der Waals surface area (Å²) < 4.78 is 0. The lowest BCUT2D eigenvalue weighted by molar-refractivity contribution is 0.0993. The molecule has 0 atom stereocenters. The Kier molecular flexibility index (Phi) is 2.42. The maximum absolute atomic E-state index is 11.4. The number of fused-ring (bicyclic) bond motifs is 1. The van der Waals surface area contributed by atoms with E-state index in [9.17, 15) is 4.79 Å². The second-order valence-electron chi connectivity index (χ2n) is 3.15. The third kappa shape index (κ3) is 1.84.